The van der Waals surface area contributed by atoms with Gasteiger partial charge < -0.3 is 20.1 Å². The fraction of sp³-hybridized carbons (Fsp3) is 0.632. The van der Waals surface area contributed by atoms with Gasteiger partial charge in [-0.1, -0.05) is 12.5 Å². The zero-order valence-electron chi connectivity index (χ0n) is 15.7. The summed E-state index contributed by atoms with van der Waals surface area (Å²) in [5.74, 6) is 1.05. The lowest BCUT2D eigenvalue weighted by Gasteiger charge is -2.40. The molecular formula is C19H31FIN3O2. The molecule has 1 aliphatic rings. The van der Waals surface area contributed by atoms with Crippen LogP contribution in [0, 0.1) is 11.2 Å². The number of ether oxygens (including phenoxy) is 2. The Balaban J connectivity index is 0.00000338. The van der Waals surface area contributed by atoms with Crippen molar-refractivity contribution in [3.05, 3.63) is 30.1 Å². The van der Waals surface area contributed by atoms with Gasteiger partial charge in [0.2, 0.25) is 0 Å². The van der Waals surface area contributed by atoms with E-state index in [0.29, 0.717) is 24.3 Å². The molecule has 0 amide bonds. The summed E-state index contributed by atoms with van der Waals surface area (Å²) < 4.78 is 23.9. The summed E-state index contributed by atoms with van der Waals surface area (Å²) in [5, 5.41) is 6.53. The predicted molar refractivity (Wildman–Crippen MR) is 114 cm³/mol. The number of guanidine groups is 1. The average Bonchev–Trinajstić information content (AvgIpc) is 2.57. The zero-order valence-corrected chi connectivity index (χ0v) is 18.1. The van der Waals surface area contributed by atoms with Crippen molar-refractivity contribution in [2.45, 2.75) is 32.6 Å². The number of hydrogen-bond donors (Lipinski definition) is 2. The van der Waals surface area contributed by atoms with Crippen LogP contribution in [-0.4, -0.2) is 45.9 Å². The van der Waals surface area contributed by atoms with Crippen LogP contribution in [0.15, 0.2) is 29.3 Å². The van der Waals surface area contributed by atoms with Crippen molar-refractivity contribution in [3.8, 4) is 5.75 Å². The Morgan fingerprint density at radius 3 is 2.69 bits per heavy atom. The van der Waals surface area contributed by atoms with Crippen LogP contribution in [0.5, 0.6) is 5.75 Å². The minimum Gasteiger partial charge on any atom is -0.492 e. The van der Waals surface area contributed by atoms with Gasteiger partial charge in [-0.05, 0) is 43.7 Å². The molecule has 0 atom stereocenters. The lowest BCUT2D eigenvalue weighted by Crippen LogP contribution is -2.41. The van der Waals surface area contributed by atoms with Gasteiger partial charge in [-0.3, -0.25) is 4.99 Å². The molecule has 7 heteroatoms. The molecule has 0 heterocycles. The average molecular weight is 479 g/mol. The fourth-order valence-electron chi connectivity index (χ4n) is 2.97. The second-order valence-electron chi connectivity index (χ2n) is 6.52. The number of benzene rings is 1. The molecule has 1 aromatic carbocycles. The number of nitrogens with one attached hydrogen (secondary N) is 2. The lowest BCUT2D eigenvalue weighted by atomic mass is 9.67. The molecule has 0 spiro atoms. The summed E-state index contributed by atoms with van der Waals surface area (Å²) in [5.41, 5.74) is 0.302. The monoisotopic (exact) mass is 479 g/mol. The van der Waals surface area contributed by atoms with Crippen LogP contribution in [-0.2, 0) is 4.74 Å². The number of aliphatic imine (C=N–C) groups is 1. The Labute approximate surface area is 173 Å². The van der Waals surface area contributed by atoms with E-state index in [1.165, 1.54) is 31.4 Å². The van der Waals surface area contributed by atoms with E-state index in [1.807, 2.05) is 6.92 Å². The molecule has 0 radical (unpaired) electrons. The molecule has 1 aromatic rings. The first-order chi connectivity index (χ1) is 12.2. The van der Waals surface area contributed by atoms with Crippen molar-refractivity contribution in [1.29, 1.82) is 0 Å². The summed E-state index contributed by atoms with van der Waals surface area (Å²) in [4.78, 5) is 4.74. The predicted octanol–water partition coefficient (Wildman–Crippen LogP) is 3.58. The number of halogens is 2. The van der Waals surface area contributed by atoms with E-state index in [0.717, 1.165) is 32.1 Å². The quantitative estimate of drug-likeness (QED) is 0.233. The second-order valence-corrected chi connectivity index (χ2v) is 6.52. The maximum Gasteiger partial charge on any atom is 0.191 e. The molecule has 2 N–H and O–H groups in total. The molecule has 2 rings (SSSR count). The van der Waals surface area contributed by atoms with E-state index in [4.69, 9.17) is 14.5 Å². The van der Waals surface area contributed by atoms with E-state index in [2.05, 4.69) is 10.6 Å². The highest BCUT2D eigenvalue weighted by Gasteiger charge is 2.36. The van der Waals surface area contributed by atoms with Gasteiger partial charge in [0.15, 0.2) is 5.96 Å². The summed E-state index contributed by atoms with van der Waals surface area (Å²) >= 11 is 0. The molecule has 0 saturated heterocycles. The van der Waals surface area contributed by atoms with Gasteiger partial charge in [0.25, 0.3) is 0 Å². The van der Waals surface area contributed by atoms with Gasteiger partial charge in [-0.25, -0.2) is 4.39 Å². The summed E-state index contributed by atoms with van der Waals surface area (Å²) in [7, 11) is 1.75. The molecule has 5 nitrogen and oxygen atoms in total. The first-order valence-electron chi connectivity index (χ1n) is 9.07. The van der Waals surface area contributed by atoms with Crippen molar-refractivity contribution < 1.29 is 13.9 Å². The van der Waals surface area contributed by atoms with Crippen LogP contribution >= 0.6 is 24.0 Å². The van der Waals surface area contributed by atoms with Gasteiger partial charge in [0.1, 0.15) is 18.2 Å². The Bertz CT molecular complexity index is 553. The molecule has 0 bridgehead atoms. The van der Waals surface area contributed by atoms with Gasteiger partial charge in [0, 0.05) is 32.9 Å². The molecule has 148 valence electrons. The third-order valence-electron chi connectivity index (χ3n) is 4.63. The van der Waals surface area contributed by atoms with Gasteiger partial charge in [-0.2, -0.15) is 0 Å². The Hall–Kier alpha value is -1.09. The molecular weight excluding hydrogens is 448 g/mol. The van der Waals surface area contributed by atoms with Crippen molar-refractivity contribution in [3.63, 3.8) is 0 Å². The van der Waals surface area contributed by atoms with Crippen LogP contribution in [0.25, 0.3) is 0 Å². The van der Waals surface area contributed by atoms with Crippen LogP contribution in [0.4, 0.5) is 4.39 Å². The van der Waals surface area contributed by atoms with Crippen molar-refractivity contribution >= 4 is 29.9 Å². The maximum absolute atomic E-state index is 13.1. The second kappa shape index (κ2) is 12.3. The van der Waals surface area contributed by atoms with Gasteiger partial charge in [-0.15, -0.1) is 24.0 Å². The first-order valence-corrected chi connectivity index (χ1v) is 9.07. The fourth-order valence-corrected chi connectivity index (χ4v) is 2.97. The number of methoxy groups -OCH3 is 1. The minimum absolute atomic E-state index is 0. The highest BCUT2D eigenvalue weighted by atomic mass is 127. The smallest absolute Gasteiger partial charge is 0.191 e. The highest BCUT2D eigenvalue weighted by molar-refractivity contribution is 14.0. The Kier molecular flexibility index (Phi) is 10.9. The molecule has 0 aromatic heterocycles. The van der Waals surface area contributed by atoms with E-state index in [1.54, 1.807) is 19.2 Å². The molecule has 1 fully saturated rings. The molecule has 1 saturated carbocycles. The van der Waals surface area contributed by atoms with Crippen molar-refractivity contribution in [2.75, 3.05) is 40.0 Å². The third kappa shape index (κ3) is 7.65. The minimum atomic E-state index is -0.290. The standard InChI is InChI=1S/C19H30FN3O2.HI/c1-3-21-18(23-15-19(8-5-9-19)10-12-24-2)22-11-13-25-17-7-4-6-16(20)14-17;/h4,6-7,14H,3,5,8-13,15H2,1-2H3,(H2,21,22,23);1H. The van der Waals surface area contributed by atoms with E-state index < -0.39 is 0 Å². The summed E-state index contributed by atoms with van der Waals surface area (Å²) in [6.07, 6.45) is 4.80. The van der Waals surface area contributed by atoms with Crippen LogP contribution < -0.4 is 15.4 Å². The Morgan fingerprint density at radius 2 is 2.08 bits per heavy atom. The van der Waals surface area contributed by atoms with Crippen molar-refractivity contribution in [2.24, 2.45) is 10.4 Å². The lowest BCUT2D eigenvalue weighted by molar-refractivity contribution is 0.0778. The summed E-state index contributed by atoms with van der Waals surface area (Å²) in [6.45, 7) is 5.51. The van der Waals surface area contributed by atoms with Crippen molar-refractivity contribution in [1.82, 2.24) is 10.6 Å². The molecule has 0 aliphatic heterocycles. The topological polar surface area (TPSA) is 54.9 Å². The SMILES string of the molecule is CCNC(=NCC1(CCOC)CCC1)NCCOc1cccc(F)c1.I. The van der Waals surface area contributed by atoms with Crippen LogP contribution in [0.3, 0.4) is 0 Å². The van der Waals surface area contributed by atoms with E-state index >= 15 is 0 Å². The van der Waals surface area contributed by atoms with Gasteiger partial charge in [0.05, 0.1) is 6.54 Å². The molecule has 26 heavy (non-hydrogen) atoms. The normalized spacial score (nSPS) is 15.6. The molecule has 0 unspecified atom stereocenters. The third-order valence-corrected chi connectivity index (χ3v) is 4.63. The number of rotatable bonds is 10. The molecule has 1 aliphatic carbocycles. The largest absolute Gasteiger partial charge is 0.492 e. The summed E-state index contributed by atoms with van der Waals surface area (Å²) in [6, 6.07) is 6.18. The van der Waals surface area contributed by atoms with Crippen LogP contribution in [0.2, 0.25) is 0 Å². The first kappa shape index (κ1) is 23.0. The number of hydrogen-bond acceptors (Lipinski definition) is 3. The zero-order chi connectivity index (χ0) is 18.0. The highest BCUT2D eigenvalue weighted by Crippen LogP contribution is 2.44. The number of nitrogens with zero attached hydrogens (tertiary/aromatic N) is 1. The van der Waals surface area contributed by atoms with E-state index in [-0.39, 0.29) is 29.8 Å². The van der Waals surface area contributed by atoms with E-state index in [9.17, 15) is 4.39 Å². The van der Waals surface area contributed by atoms with Gasteiger partial charge >= 0.3 is 0 Å². The van der Waals surface area contributed by atoms with Crippen LogP contribution in [0.1, 0.15) is 32.6 Å². The maximum atomic E-state index is 13.1. The Morgan fingerprint density at radius 1 is 1.27 bits per heavy atom.